The second-order valence-corrected chi connectivity index (χ2v) is 3.80. The molecule has 0 aliphatic heterocycles. The molecule has 0 radical (unpaired) electrons. The fourth-order valence-electron chi connectivity index (χ4n) is 2.28. The second kappa shape index (κ2) is 2.84. The molecule has 2 heteroatoms. The molecular formula is C13H11NO. The number of hydrogen-bond donors (Lipinski definition) is 2. The Hall–Kier alpha value is -1.80. The molecule has 0 fully saturated rings. The topological polar surface area (TPSA) is 46.2 Å². The van der Waals surface area contributed by atoms with E-state index < -0.39 is 0 Å². The lowest BCUT2D eigenvalue weighted by Gasteiger charge is -2.07. The molecule has 1 atom stereocenters. The van der Waals surface area contributed by atoms with Gasteiger partial charge in [-0.3, -0.25) is 0 Å². The summed E-state index contributed by atoms with van der Waals surface area (Å²) in [4.78, 5) is 0. The summed E-state index contributed by atoms with van der Waals surface area (Å²) >= 11 is 0. The van der Waals surface area contributed by atoms with Crippen molar-refractivity contribution in [1.29, 1.82) is 0 Å². The number of phenolic OH excluding ortho intramolecular Hbond substituents is 1. The van der Waals surface area contributed by atoms with Gasteiger partial charge in [-0.15, -0.1) is 0 Å². The van der Waals surface area contributed by atoms with Crippen LogP contribution in [0.4, 0.5) is 0 Å². The van der Waals surface area contributed by atoms with Crippen LogP contribution < -0.4 is 5.73 Å². The third-order valence-electron chi connectivity index (χ3n) is 2.98. The molecule has 0 amide bonds. The van der Waals surface area contributed by atoms with Gasteiger partial charge >= 0.3 is 0 Å². The number of benzene rings is 2. The summed E-state index contributed by atoms with van der Waals surface area (Å²) in [6.07, 6.45) is 0. The van der Waals surface area contributed by atoms with E-state index in [1.54, 1.807) is 6.07 Å². The van der Waals surface area contributed by atoms with Crippen LogP contribution in [0.1, 0.15) is 17.2 Å². The normalized spacial score (nSPS) is 17.3. The zero-order chi connectivity index (χ0) is 10.4. The molecule has 0 bridgehead atoms. The molecule has 1 unspecified atom stereocenters. The summed E-state index contributed by atoms with van der Waals surface area (Å²) in [6.45, 7) is 0. The molecule has 0 spiro atoms. The van der Waals surface area contributed by atoms with Crippen molar-refractivity contribution >= 4 is 0 Å². The van der Waals surface area contributed by atoms with E-state index in [-0.39, 0.29) is 11.8 Å². The van der Waals surface area contributed by atoms with E-state index in [0.29, 0.717) is 0 Å². The third-order valence-corrected chi connectivity index (χ3v) is 2.98. The van der Waals surface area contributed by atoms with Crippen molar-refractivity contribution < 1.29 is 5.11 Å². The van der Waals surface area contributed by atoms with Crippen molar-refractivity contribution in [3.63, 3.8) is 0 Å². The molecule has 1 aliphatic carbocycles. The lowest BCUT2D eigenvalue weighted by molar-refractivity contribution is 0.467. The van der Waals surface area contributed by atoms with Crippen LogP contribution >= 0.6 is 0 Å². The first kappa shape index (κ1) is 8.50. The quantitative estimate of drug-likeness (QED) is 0.681. The number of hydrogen-bond acceptors (Lipinski definition) is 2. The Morgan fingerprint density at radius 2 is 1.67 bits per heavy atom. The van der Waals surface area contributed by atoms with Crippen molar-refractivity contribution in [2.75, 3.05) is 0 Å². The van der Waals surface area contributed by atoms with Gasteiger partial charge in [0.15, 0.2) is 0 Å². The predicted molar refractivity (Wildman–Crippen MR) is 59.6 cm³/mol. The van der Waals surface area contributed by atoms with E-state index in [1.165, 1.54) is 0 Å². The minimum Gasteiger partial charge on any atom is -0.508 e. The average molecular weight is 197 g/mol. The minimum atomic E-state index is -0.197. The van der Waals surface area contributed by atoms with E-state index in [0.717, 1.165) is 22.3 Å². The maximum atomic E-state index is 9.79. The molecule has 3 N–H and O–H groups in total. The third kappa shape index (κ3) is 1.02. The van der Waals surface area contributed by atoms with Crippen molar-refractivity contribution in [1.82, 2.24) is 0 Å². The Bertz CT molecular complexity index is 534. The van der Waals surface area contributed by atoms with Crippen molar-refractivity contribution in [3.8, 4) is 16.9 Å². The Kier molecular flexibility index (Phi) is 1.61. The Labute approximate surface area is 88.0 Å². The van der Waals surface area contributed by atoms with Crippen LogP contribution in [-0.2, 0) is 0 Å². The van der Waals surface area contributed by atoms with Crippen molar-refractivity contribution in [2.24, 2.45) is 5.73 Å². The highest BCUT2D eigenvalue weighted by molar-refractivity contribution is 5.80. The molecular weight excluding hydrogens is 186 g/mol. The monoisotopic (exact) mass is 197 g/mol. The van der Waals surface area contributed by atoms with Crippen LogP contribution in [-0.4, -0.2) is 5.11 Å². The number of phenols is 1. The molecule has 0 saturated carbocycles. The van der Waals surface area contributed by atoms with E-state index in [9.17, 15) is 5.11 Å². The lowest BCUT2D eigenvalue weighted by Crippen LogP contribution is -2.07. The summed E-state index contributed by atoms with van der Waals surface area (Å²) in [7, 11) is 0. The van der Waals surface area contributed by atoms with Gasteiger partial charge in [-0.25, -0.2) is 0 Å². The van der Waals surface area contributed by atoms with Gasteiger partial charge < -0.3 is 10.8 Å². The lowest BCUT2D eigenvalue weighted by atomic mass is 10.1. The van der Waals surface area contributed by atoms with Gasteiger partial charge in [0.2, 0.25) is 0 Å². The summed E-state index contributed by atoms with van der Waals surface area (Å²) in [6, 6.07) is 13.4. The zero-order valence-electron chi connectivity index (χ0n) is 8.14. The van der Waals surface area contributed by atoms with Crippen LogP contribution in [0.5, 0.6) is 5.75 Å². The molecule has 74 valence electrons. The zero-order valence-corrected chi connectivity index (χ0v) is 8.14. The first-order valence-corrected chi connectivity index (χ1v) is 4.96. The van der Waals surface area contributed by atoms with Crippen LogP contribution in [0, 0.1) is 0 Å². The average Bonchev–Trinajstić information content (AvgIpc) is 2.55. The van der Waals surface area contributed by atoms with E-state index in [4.69, 9.17) is 5.73 Å². The standard InChI is InChI=1S/C13H11NO/c14-13-10-5-2-1-4-8(10)9-6-3-7-11(15)12(9)13/h1-7,13,15H,14H2. The predicted octanol–water partition coefficient (Wildman–Crippen LogP) is 2.42. The highest BCUT2D eigenvalue weighted by Gasteiger charge is 2.27. The highest BCUT2D eigenvalue weighted by Crippen LogP contribution is 2.45. The van der Waals surface area contributed by atoms with Crippen LogP contribution in [0.25, 0.3) is 11.1 Å². The first-order chi connectivity index (χ1) is 7.29. The molecule has 2 nitrogen and oxygen atoms in total. The molecule has 15 heavy (non-hydrogen) atoms. The SMILES string of the molecule is NC1c2ccccc2-c2cccc(O)c21. The van der Waals surface area contributed by atoms with Crippen LogP contribution in [0.3, 0.4) is 0 Å². The molecule has 3 rings (SSSR count). The Balaban J connectivity index is 2.37. The molecule has 1 aliphatic rings. The maximum absolute atomic E-state index is 9.79. The van der Waals surface area contributed by atoms with Gasteiger partial charge in [0.05, 0.1) is 6.04 Å². The summed E-state index contributed by atoms with van der Waals surface area (Å²) in [5, 5.41) is 9.79. The van der Waals surface area contributed by atoms with Gasteiger partial charge in [-0.2, -0.15) is 0 Å². The summed E-state index contributed by atoms with van der Waals surface area (Å²) in [5.41, 5.74) is 10.2. The number of fused-ring (bicyclic) bond motifs is 3. The minimum absolute atomic E-state index is 0.197. The van der Waals surface area contributed by atoms with E-state index >= 15 is 0 Å². The Morgan fingerprint density at radius 3 is 2.53 bits per heavy atom. The number of rotatable bonds is 0. The molecule has 2 aromatic rings. The van der Waals surface area contributed by atoms with Gasteiger partial charge in [0, 0.05) is 5.56 Å². The van der Waals surface area contributed by atoms with Crippen LogP contribution in [0.2, 0.25) is 0 Å². The second-order valence-electron chi connectivity index (χ2n) is 3.80. The van der Waals surface area contributed by atoms with Crippen molar-refractivity contribution in [2.45, 2.75) is 6.04 Å². The van der Waals surface area contributed by atoms with Crippen molar-refractivity contribution in [3.05, 3.63) is 53.6 Å². The van der Waals surface area contributed by atoms with Crippen LogP contribution in [0.15, 0.2) is 42.5 Å². The van der Waals surface area contributed by atoms with Gasteiger partial charge in [-0.05, 0) is 22.8 Å². The molecule has 0 aromatic heterocycles. The fraction of sp³-hybridized carbons (Fsp3) is 0.0769. The first-order valence-electron chi connectivity index (χ1n) is 4.96. The largest absolute Gasteiger partial charge is 0.508 e. The maximum Gasteiger partial charge on any atom is 0.121 e. The number of nitrogens with two attached hydrogens (primary N) is 1. The highest BCUT2D eigenvalue weighted by atomic mass is 16.3. The molecule has 2 aromatic carbocycles. The molecule has 0 saturated heterocycles. The van der Waals surface area contributed by atoms with Gasteiger partial charge in [0.25, 0.3) is 0 Å². The number of aromatic hydroxyl groups is 1. The Morgan fingerprint density at radius 1 is 0.933 bits per heavy atom. The smallest absolute Gasteiger partial charge is 0.121 e. The van der Waals surface area contributed by atoms with E-state index in [1.807, 2.05) is 36.4 Å². The van der Waals surface area contributed by atoms with Gasteiger partial charge in [-0.1, -0.05) is 36.4 Å². The van der Waals surface area contributed by atoms with Gasteiger partial charge in [0.1, 0.15) is 5.75 Å². The summed E-state index contributed by atoms with van der Waals surface area (Å²) in [5.74, 6) is 0.288. The fourth-order valence-corrected chi connectivity index (χ4v) is 2.28. The summed E-state index contributed by atoms with van der Waals surface area (Å²) < 4.78 is 0. The van der Waals surface area contributed by atoms with E-state index in [2.05, 4.69) is 0 Å². The molecule has 0 heterocycles.